The minimum Gasteiger partial charge on any atom is -0.507 e. The summed E-state index contributed by atoms with van der Waals surface area (Å²) in [5.41, 5.74) is 6.07. The molecule has 0 spiro atoms. The van der Waals surface area contributed by atoms with Crippen molar-refractivity contribution in [1.29, 1.82) is 0 Å². The number of amides is 1. The Morgan fingerprint density at radius 1 is 1.24 bits per heavy atom. The van der Waals surface area contributed by atoms with Crippen molar-refractivity contribution in [1.82, 2.24) is 28.5 Å². The molecule has 0 radical (unpaired) electrons. The van der Waals surface area contributed by atoms with Crippen molar-refractivity contribution in [2.75, 3.05) is 19.3 Å². The number of likely N-dealkylation sites (N-methyl/N-ethyl adjacent to an activating group) is 1. The number of aromatic hydroxyl groups is 1. The van der Waals surface area contributed by atoms with E-state index in [9.17, 15) is 28.5 Å². The molecule has 176 valence electrons. The van der Waals surface area contributed by atoms with Gasteiger partial charge in [0.2, 0.25) is 0 Å². The van der Waals surface area contributed by atoms with Gasteiger partial charge in [-0.3, -0.25) is 9.36 Å². The number of aliphatic hydroxyl groups is 2. The van der Waals surface area contributed by atoms with Crippen molar-refractivity contribution in [2.24, 2.45) is 0 Å². The van der Waals surface area contributed by atoms with Gasteiger partial charge in [-0.15, -0.1) is 0 Å². The summed E-state index contributed by atoms with van der Waals surface area (Å²) >= 11 is 0. The molecule has 6 N–H and O–H groups in total. The van der Waals surface area contributed by atoms with Crippen LogP contribution in [0.5, 0.6) is 5.75 Å². The van der Waals surface area contributed by atoms with Gasteiger partial charge in [0.05, 0.1) is 11.9 Å². The molecule has 0 aliphatic carbocycles. The SMILES string of the molecule is CN(CC1O[C@@H](n2cnc3c(N)ncnc32)[C@H](O)[C@@H]1O)S(=O)(=O)NC(=O)c1ccccc1O. The Morgan fingerprint density at radius 2 is 1.97 bits per heavy atom. The summed E-state index contributed by atoms with van der Waals surface area (Å²) in [5.74, 6) is -1.30. The van der Waals surface area contributed by atoms with Crippen LogP contribution >= 0.6 is 0 Å². The molecule has 4 atom stereocenters. The number of phenols is 1. The third-order valence-electron chi connectivity index (χ3n) is 5.22. The Hall–Kier alpha value is -3.37. The lowest BCUT2D eigenvalue weighted by atomic mass is 10.1. The molecule has 1 aliphatic rings. The van der Waals surface area contributed by atoms with Gasteiger partial charge in [-0.2, -0.15) is 12.7 Å². The van der Waals surface area contributed by atoms with E-state index < -0.39 is 47.2 Å². The Labute approximate surface area is 187 Å². The molecule has 1 aliphatic heterocycles. The van der Waals surface area contributed by atoms with Crippen LogP contribution in [-0.4, -0.2) is 85.4 Å². The van der Waals surface area contributed by atoms with E-state index in [2.05, 4.69) is 15.0 Å². The van der Waals surface area contributed by atoms with E-state index in [0.717, 1.165) is 11.4 Å². The standard InChI is InChI=1S/C18H21N7O7S/c1-24(33(30,31)23-17(29)9-4-2-3-5-10(9)26)6-11-13(27)14(28)18(32-11)25-8-22-12-15(19)20-7-21-16(12)25/h2-5,7-8,11,13-14,18,26-28H,6H2,1H3,(H,23,29)(H2,19,20,21)/t11?,13-,14-,18-/m1/s1. The van der Waals surface area contributed by atoms with Gasteiger partial charge in [0.15, 0.2) is 17.7 Å². The third kappa shape index (κ3) is 4.19. The Kier molecular flexibility index (Phi) is 5.89. The normalized spacial score (nSPS) is 23.3. The van der Waals surface area contributed by atoms with Crippen LogP contribution in [-0.2, 0) is 14.9 Å². The second kappa shape index (κ2) is 8.53. The molecular weight excluding hydrogens is 458 g/mol. The first-order valence-corrected chi connectivity index (χ1v) is 11.0. The van der Waals surface area contributed by atoms with Crippen molar-refractivity contribution in [3.05, 3.63) is 42.5 Å². The van der Waals surface area contributed by atoms with Crippen molar-refractivity contribution in [3.63, 3.8) is 0 Å². The molecule has 0 bridgehead atoms. The lowest BCUT2D eigenvalue weighted by Crippen LogP contribution is -2.46. The molecule has 15 heteroatoms. The van der Waals surface area contributed by atoms with E-state index in [1.54, 1.807) is 0 Å². The Balaban J connectivity index is 1.48. The van der Waals surface area contributed by atoms with E-state index in [0.29, 0.717) is 0 Å². The number of nitrogens with two attached hydrogens (primary N) is 1. The molecule has 1 fully saturated rings. The number of para-hydroxylation sites is 1. The van der Waals surface area contributed by atoms with Gasteiger partial charge >= 0.3 is 10.2 Å². The van der Waals surface area contributed by atoms with E-state index in [4.69, 9.17) is 10.5 Å². The quantitative estimate of drug-likeness (QED) is 0.270. The van der Waals surface area contributed by atoms with Crippen molar-refractivity contribution >= 4 is 33.1 Å². The number of nitrogens with one attached hydrogen (secondary N) is 1. The lowest BCUT2D eigenvalue weighted by molar-refractivity contribution is -0.0377. The van der Waals surface area contributed by atoms with Gasteiger partial charge in [-0.1, -0.05) is 12.1 Å². The number of anilines is 1. The van der Waals surface area contributed by atoms with E-state index >= 15 is 0 Å². The van der Waals surface area contributed by atoms with Crippen LogP contribution < -0.4 is 10.5 Å². The van der Waals surface area contributed by atoms with Gasteiger partial charge in [-0.25, -0.2) is 19.7 Å². The maximum absolute atomic E-state index is 12.6. The number of ether oxygens (including phenoxy) is 1. The Morgan fingerprint density at radius 3 is 2.70 bits per heavy atom. The monoisotopic (exact) mass is 479 g/mol. The molecule has 1 saturated heterocycles. The largest absolute Gasteiger partial charge is 0.507 e. The zero-order valence-electron chi connectivity index (χ0n) is 17.2. The number of carbonyl (C=O) groups excluding carboxylic acids is 1. The van der Waals surface area contributed by atoms with Gasteiger partial charge in [0, 0.05) is 13.6 Å². The molecule has 4 rings (SSSR count). The highest BCUT2D eigenvalue weighted by Gasteiger charge is 2.45. The summed E-state index contributed by atoms with van der Waals surface area (Å²) in [7, 11) is -3.21. The number of hydrogen-bond donors (Lipinski definition) is 5. The van der Waals surface area contributed by atoms with Gasteiger partial charge in [0.25, 0.3) is 5.91 Å². The van der Waals surface area contributed by atoms with E-state index in [1.165, 1.54) is 41.5 Å². The number of nitrogens with zero attached hydrogens (tertiary/aromatic N) is 5. The zero-order valence-corrected chi connectivity index (χ0v) is 18.0. The van der Waals surface area contributed by atoms with Crippen LogP contribution in [0.15, 0.2) is 36.9 Å². The minimum atomic E-state index is -4.37. The number of rotatable bonds is 6. The van der Waals surface area contributed by atoms with Crippen LogP contribution in [0.25, 0.3) is 11.2 Å². The molecule has 0 saturated carbocycles. The van der Waals surface area contributed by atoms with Crippen LogP contribution in [0.2, 0.25) is 0 Å². The van der Waals surface area contributed by atoms with E-state index in [-0.39, 0.29) is 28.3 Å². The van der Waals surface area contributed by atoms with Gasteiger partial charge < -0.3 is 25.8 Å². The summed E-state index contributed by atoms with van der Waals surface area (Å²) in [6.45, 7) is -0.401. The zero-order chi connectivity index (χ0) is 23.9. The highest BCUT2D eigenvalue weighted by molar-refractivity contribution is 7.87. The fourth-order valence-corrected chi connectivity index (χ4v) is 4.28. The first-order chi connectivity index (χ1) is 15.6. The molecule has 3 aromatic rings. The number of phenolic OH excluding ortho intramolecular Hbond substituents is 1. The van der Waals surface area contributed by atoms with Crippen molar-refractivity contribution in [3.8, 4) is 5.75 Å². The van der Waals surface area contributed by atoms with Crippen LogP contribution in [0.1, 0.15) is 16.6 Å². The molecule has 14 nitrogen and oxygen atoms in total. The summed E-state index contributed by atoms with van der Waals surface area (Å²) in [5, 5.41) is 30.7. The number of carbonyl (C=O) groups is 1. The smallest absolute Gasteiger partial charge is 0.303 e. The highest BCUT2D eigenvalue weighted by atomic mass is 32.2. The topological polar surface area (TPSA) is 206 Å². The number of aliphatic hydroxyl groups excluding tert-OH is 2. The second-order valence-electron chi connectivity index (χ2n) is 7.36. The number of imidazole rings is 1. The number of aromatic nitrogens is 4. The molecule has 1 unspecified atom stereocenters. The third-order valence-corrected chi connectivity index (χ3v) is 6.63. The summed E-state index contributed by atoms with van der Waals surface area (Å²) in [6.07, 6.45) is -2.65. The first-order valence-electron chi connectivity index (χ1n) is 9.61. The number of nitrogen functional groups attached to an aromatic ring is 1. The second-order valence-corrected chi connectivity index (χ2v) is 9.14. The van der Waals surface area contributed by atoms with Gasteiger partial charge in [0.1, 0.15) is 35.9 Å². The van der Waals surface area contributed by atoms with E-state index in [1.807, 2.05) is 4.72 Å². The van der Waals surface area contributed by atoms with Crippen LogP contribution in [0.3, 0.4) is 0 Å². The number of benzene rings is 1. The predicted molar refractivity (Wildman–Crippen MR) is 113 cm³/mol. The summed E-state index contributed by atoms with van der Waals surface area (Å²) in [6, 6.07) is 5.45. The summed E-state index contributed by atoms with van der Waals surface area (Å²) < 4.78 is 34.8. The highest BCUT2D eigenvalue weighted by Crippen LogP contribution is 2.32. The molecule has 33 heavy (non-hydrogen) atoms. The molecule has 3 heterocycles. The first kappa shape index (κ1) is 22.8. The average Bonchev–Trinajstić information content (AvgIpc) is 3.31. The molecule has 1 aromatic carbocycles. The minimum absolute atomic E-state index is 0.120. The Bertz CT molecular complexity index is 1300. The predicted octanol–water partition coefficient (Wildman–Crippen LogP) is -1.66. The number of fused-ring (bicyclic) bond motifs is 1. The fourth-order valence-electron chi connectivity index (χ4n) is 3.43. The summed E-state index contributed by atoms with van der Waals surface area (Å²) in [4.78, 5) is 24.2. The molecular formula is C18H21N7O7S. The molecule has 1 amide bonds. The van der Waals surface area contributed by atoms with Crippen LogP contribution in [0, 0.1) is 0 Å². The average molecular weight is 479 g/mol. The number of hydrogen-bond acceptors (Lipinski definition) is 11. The fraction of sp³-hybridized carbons (Fsp3) is 0.333. The van der Waals surface area contributed by atoms with Gasteiger partial charge in [-0.05, 0) is 12.1 Å². The maximum atomic E-state index is 12.6. The lowest BCUT2D eigenvalue weighted by Gasteiger charge is -2.22. The van der Waals surface area contributed by atoms with Crippen molar-refractivity contribution in [2.45, 2.75) is 24.5 Å². The maximum Gasteiger partial charge on any atom is 0.303 e. The van der Waals surface area contributed by atoms with Crippen molar-refractivity contribution < 1.29 is 33.3 Å². The molecule has 2 aromatic heterocycles. The van der Waals surface area contributed by atoms with Crippen LogP contribution in [0.4, 0.5) is 5.82 Å².